The topological polar surface area (TPSA) is 55.8 Å². The third-order valence-electron chi connectivity index (χ3n) is 4.54. The Morgan fingerprint density at radius 2 is 1.64 bits per heavy atom. The maximum Gasteiger partial charge on any atom is 0.410 e. The molecule has 0 aromatic carbocycles. The molecule has 0 saturated carbocycles. The molecule has 1 heterocycles. The number of carbonyl (C=O) groups is 2. The van der Waals surface area contributed by atoms with Gasteiger partial charge in [-0.05, 0) is 25.2 Å². The Labute approximate surface area is 153 Å². The summed E-state index contributed by atoms with van der Waals surface area (Å²) in [6.45, 7) is 7.63. The molecule has 5 nitrogen and oxygen atoms in total. The Kier molecular flexibility index (Phi) is 11.3. The van der Waals surface area contributed by atoms with Crippen LogP contribution < -0.4 is 0 Å². The standard InChI is InChI=1S/C20H37NO4/c1-4-5-6-7-8-9-10-11-15-24-19(22)18-13-12-14-21(18)20(23)25-16-17(2)3/h17-18H,4-16H2,1-3H3/t18-/m0/s1. The summed E-state index contributed by atoms with van der Waals surface area (Å²) in [4.78, 5) is 25.8. The molecule has 1 rings (SSSR count). The van der Waals surface area contributed by atoms with Crippen LogP contribution in [0.2, 0.25) is 0 Å². The molecular weight excluding hydrogens is 318 g/mol. The predicted octanol–water partition coefficient (Wildman–Crippen LogP) is 4.93. The number of hydrogen-bond donors (Lipinski definition) is 0. The van der Waals surface area contributed by atoms with Crippen molar-refractivity contribution in [3.05, 3.63) is 0 Å². The molecule has 146 valence electrons. The molecule has 0 N–H and O–H groups in total. The quantitative estimate of drug-likeness (QED) is 0.368. The van der Waals surface area contributed by atoms with Gasteiger partial charge in [0, 0.05) is 6.54 Å². The third-order valence-corrected chi connectivity index (χ3v) is 4.54. The molecule has 0 bridgehead atoms. The van der Waals surface area contributed by atoms with Gasteiger partial charge in [0.15, 0.2) is 0 Å². The van der Waals surface area contributed by atoms with Crippen molar-refractivity contribution < 1.29 is 19.1 Å². The highest BCUT2D eigenvalue weighted by Crippen LogP contribution is 2.20. The number of rotatable bonds is 12. The molecule has 0 unspecified atom stereocenters. The van der Waals surface area contributed by atoms with Crippen LogP contribution in [0.5, 0.6) is 0 Å². The summed E-state index contributed by atoms with van der Waals surface area (Å²) in [5.41, 5.74) is 0. The SMILES string of the molecule is CCCCCCCCCCOC(=O)[C@@H]1CCCN1C(=O)OCC(C)C. The third kappa shape index (κ3) is 9.13. The second-order valence-corrected chi connectivity index (χ2v) is 7.46. The molecule has 1 aliphatic rings. The van der Waals surface area contributed by atoms with Gasteiger partial charge in [0.25, 0.3) is 0 Å². The van der Waals surface area contributed by atoms with E-state index in [1.54, 1.807) is 0 Å². The lowest BCUT2D eigenvalue weighted by atomic mass is 10.1. The summed E-state index contributed by atoms with van der Waals surface area (Å²) >= 11 is 0. The number of nitrogens with zero attached hydrogens (tertiary/aromatic N) is 1. The lowest BCUT2D eigenvalue weighted by molar-refractivity contribution is -0.148. The van der Waals surface area contributed by atoms with Crippen molar-refractivity contribution in [1.82, 2.24) is 4.90 Å². The van der Waals surface area contributed by atoms with Gasteiger partial charge < -0.3 is 9.47 Å². The normalized spacial score (nSPS) is 17.1. The minimum absolute atomic E-state index is 0.276. The van der Waals surface area contributed by atoms with Crippen molar-refractivity contribution in [2.75, 3.05) is 19.8 Å². The first-order valence-electron chi connectivity index (χ1n) is 10.2. The average Bonchev–Trinajstić information content (AvgIpc) is 3.08. The fourth-order valence-electron chi connectivity index (χ4n) is 3.06. The van der Waals surface area contributed by atoms with Crippen LogP contribution in [0.25, 0.3) is 0 Å². The van der Waals surface area contributed by atoms with Gasteiger partial charge in [-0.2, -0.15) is 0 Å². The zero-order valence-electron chi connectivity index (χ0n) is 16.4. The van der Waals surface area contributed by atoms with E-state index in [0.29, 0.717) is 32.1 Å². The molecule has 1 atom stereocenters. The number of esters is 1. The van der Waals surface area contributed by atoms with Crippen LogP contribution in [0.1, 0.15) is 85.0 Å². The van der Waals surface area contributed by atoms with E-state index in [1.807, 2.05) is 13.8 Å². The predicted molar refractivity (Wildman–Crippen MR) is 99.5 cm³/mol. The molecule has 1 fully saturated rings. The van der Waals surface area contributed by atoms with Crippen LogP contribution in [-0.4, -0.2) is 42.8 Å². The molecule has 1 saturated heterocycles. The molecule has 0 aliphatic carbocycles. The minimum Gasteiger partial charge on any atom is -0.464 e. The number of unbranched alkanes of at least 4 members (excludes halogenated alkanes) is 7. The van der Waals surface area contributed by atoms with E-state index < -0.39 is 6.04 Å². The molecular formula is C20H37NO4. The molecule has 5 heteroatoms. The van der Waals surface area contributed by atoms with E-state index in [4.69, 9.17) is 9.47 Å². The van der Waals surface area contributed by atoms with Crippen LogP contribution in [0, 0.1) is 5.92 Å². The second-order valence-electron chi connectivity index (χ2n) is 7.46. The highest BCUT2D eigenvalue weighted by Gasteiger charge is 2.36. The van der Waals surface area contributed by atoms with E-state index >= 15 is 0 Å². The van der Waals surface area contributed by atoms with Gasteiger partial charge in [-0.25, -0.2) is 9.59 Å². The largest absolute Gasteiger partial charge is 0.464 e. The molecule has 0 spiro atoms. The van der Waals surface area contributed by atoms with E-state index in [0.717, 1.165) is 19.3 Å². The number of carbonyl (C=O) groups excluding carboxylic acids is 2. The van der Waals surface area contributed by atoms with Gasteiger partial charge >= 0.3 is 12.1 Å². The van der Waals surface area contributed by atoms with Gasteiger partial charge in [-0.1, -0.05) is 65.7 Å². The van der Waals surface area contributed by atoms with Crippen LogP contribution in [0.3, 0.4) is 0 Å². The van der Waals surface area contributed by atoms with E-state index in [-0.39, 0.29) is 12.1 Å². The summed E-state index contributed by atoms with van der Waals surface area (Å²) < 4.78 is 10.6. The zero-order valence-corrected chi connectivity index (χ0v) is 16.4. The molecule has 25 heavy (non-hydrogen) atoms. The number of amides is 1. The fourth-order valence-corrected chi connectivity index (χ4v) is 3.06. The van der Waals surface area contributed by atoms with Gasteiger partial charge in [-0.15, -0.1) is 0 Å². The molecule has 0 aromatic heterocycles. The van der Waals surface area contributed by atoms with Crippen LogP contribution in [0.15, 0.2) is 0 Å². The average molecular weight is 356 g/mol. The van der Waals surface area contributed by atoms with E-state index in [1.165, 1.54) is 43.4 Å². The Hall–Kier alpha value is -1.26. The van der Waals surface area contributed by atoms with E-state index in [9.17, 15) is 9.59 Å². The summed E-state index contributed by atoms with van der Waals surface area (Å²) in [6.07, 6.45) is 10.8. The highest BCUT2D eigenvalue weighted by atomic mass is 16.6. The van der Waals surface area contributed by atoms with Gasteiger partial charge in [0.1, 0.15) is 6.04 Å². The van der Waals surface area contributed by atoms with Gasteiger partial charge in [0.2, 0.25) is 0 Å². The molecule has 0 aromatic rings. The van der Waals surface area contributed by atoms with Crippen LogP contribution in [0.4, 0.5) is 4.79 Å². The monoisotopic (exact) mass is 355 g/mol. The zero-order chi connectivity index (χ0) is 18.5. The van der Waals surface area contributed by atoms with Crippen LogP contribution >= 0.6 is 0 Å². The number of hydrogen-bond acceptors (Lipinski definition) is 4. The summed E-state index contributed by atoms with van der Waals surface area (Å²) in [7, 11) is 0. The van der Waals surface area contributed by atoms with Crippen molar-refractivity contribution in [2.45, 2.75) is 91.0 Å². The molecule has 0 radical (unpaired) electrons. The minimum atomic E-state index is -0.464. The highest BCUT2D eigenvalue weighted by molar-refractivity contribution is 5.82. The summed E-state index contributed by atoms with van der Waals surface area (Å²) in [5.74, 6) is 0.0147. The summed E-state index contributed by atoms with van der Waals surface area (Å²) in [5, 5.41) is 0. The Bertz CT molecular complexity index is 384. The lowest BCUT2D eigenvalue weighted by Gasteiger charge is -2.23. The Morgan fingerprint density at radius 3 is 2.28 bits per heavy atom. The van der Waals surface area contributed by atoms with Crippen molar-refractivity contribution >= 4 is 12.1 Å². The maximum absolute atomic E-state index is 12.2. The second kappa shape index (κ2) is 13.0. The van der Waals surface area contributed by atoms with Gasteiger partial charge in [0.05, 0.1) is 13.2 Å². The first-order chi connectivity index (χ1) is 12.1. The number of ether oxygens (including phenoxy) is 2. The molecule has 1 aliphatic heterocycles. The first-order valence-corrected chi connectivity index (χ1v) is 10.2. The van der Waals surface area contributed by atoms with Crippen LogP contribution in [-0.2, 0) is 14.3 Å². The Morgan fingerprint density at radius 1 is 1.00 bits per heavy atom. The Balaban J connectivity index is 2.15. The van der Waals surface area contributed by atoms with Gasteiger partial charge in [-0.3, -0.25) is 4.90 Å². The van der Waals surface area contributed by atoms with Crippen molar-refractivity contribution in [2.24, 2.45) is 5.92 Å². The first kappa shape index (κ1) is 21.8. The van der Waals surface area contributed by atoms with Crippen molar-refractivity contribution in [3.8, 4) is 0 Å². The van der Waals surface area contributed by atoms with E-state index in [2.05, 4.69) is 6.92 Å². The van der Waals surface area contributed by atoms with Crippen molar-refractivity contribution in [1.29, 1.82) is 0 Å². The summed E-state index contributed by atoms with van der Waals surface area (Å²) in [6, 6.07) is -0.464. The smallest absolute Gasteiger partial charge is 0.410 e. The van der Waals surface area contributed by atoms with Crippen molar-refractivity contribution in [3.63, 3.8) is 0 Å². The maximum atomic E-state index is 12.2. The fraction of sp³-hybridized carbons (Fsp3) is 0.900. The lowest BCUT2D eigenvalue weighted by Crippen LogP contribution is -2.42. The molecule has 1 amide bonds. The number of likely N-dealkylation sites (tertiary alicyclic amines) is 1.